The molecule has 0 aliphatic heterocycles. The van der Waals surface area contributed by atoms with Gasteiger partial charge in [0.2, 0.25) is 4.45 Å². The first-order valence-electron chi connectivity index (χ1n) is 3.65. The van der Waals surface area contributed by atoms with Gasteiger partial charge in [0, 0.05) is 0 Å². The van der Waals surface area contributed by atoms with E-state index in [1.165, 1.54) is 0 Å². The number of rotatable bonds is 4. The summed E-state index contributed by atoms with van der Waals surface area (Å²) in [7, 11) is 0. The molecular weight excluding hydrogens is 304 g/mol. The first-order valence-corrected chi connectivity index (χ1v) is 5.36. The van der Waals surface area contributed by atoms with Crippen LogP contribution in [0, 0.1) is 11.5 Å². The summed E-state index contributed by atoms with van der Waals surface area (Å²) in [6.45, 7) is 3.71. The average molecular weight is 314 g/mol. The number of alkyl halides is 2. The van der Waals surface area contributed by atoms with E-state index in [9.17, 15) is 4.79 Å². The predicted molar refractivity (Wildman–Crippen MR) is 55.4 cm³/mol. The van der Waals surface area contributed by atoms with Crippen LogP contribution in [0.1, 0.15) is 13.8 Å². The van der Waals surface area contributed by atoms with Crippen LogP contribution in [0.3, 0.4) is 0 Å². The van der Waals surface area contributed by atoms with Gasteiger partial charge >= 0.3 is 5.97 Å². The molecule has 0 saturated carbocycles. The number of nitriles is 1. The van der Waals surface area contributed by atoms with Gasteiger partial charge in [-0.05, 0) is 29.8 Å². The lowest BCUT2D eigenvalue weighted by Crippen LogP contribution is -2.51. The Kier molecular flexibility index (Phi) is 5.33. The van der Waals surface area contributed by atoms with E-state index in [1.807, 2.05) is 0 Å². The van der Waals surface area contributed by atoms with Crippen LogP contribution in [0.25, 0.3) is 0 Å². The van der Waals surface area contributed by atoms with Crippen LogP contribution in [0.4, 0.5) is 0 Å². The normalized spacial score (nSPS) is 16.5. The van der Waals surface area contributed by atoms with Crippen molar-refractivity contribution in [1.29, 1.82) is 5.26 Å². The number of hydrogen-bond acceptors (Lipinski definition) is 4. The zero-order valence-corrected chi connectivity index (χ0v) is 10.5. The second-order valence-corrected chi connectivity index (χ2v) is 4.91. The summed E-state index contributed by atoms with van der Waals surface area (Å²) in [6, 6.07) is 0. The summed E-state index contributed by atoms with van der Waals surface area (Å²) in [6.07, 6.45) is 1.70. The maximum absolute atomic E-state index is 11.4. The third-order valence-corrected chi connectivity index (χ3v) is 3.87. The van der Waals surface area contributed by atoms with Gasteiger partial charge in [-0.25, -0.2) is 4.79 Å². The Balaban J connectivity index is 4.59. The van der Waals surface area contributed by atoms with Gasteiger partial charge < -0.3 is 4.74 Å². The van der Waals surface area contributed by atoms with E-state index < -0.39 is 10.4 Å². The molecule has 0 heterocycles. The second kappa shape index (κ2) is 5.45. The quantitative estimate of drug-likeness (QED) is 0.281. The summed E-state index contributed by atoms with van der Waals surface area (Å²) in [5.41, 5.74) is 0. The van der Waals surface area contributed by atoms with Crippen LogP contribution in [-0.2, 0) is 9.53 Å². The number of hydrogen-bond donors (Lipinski definition) is 1. The molecule has 2 atom stereocenters. The number of ether oxygens (including phenoxy) is 1. The molecule has 6 heteroatoms. The molecule has 1 N–H and O–H groups in total. The molecule has 0 aliphatic carbocycles. The van der Waals surface area contributed by atoms with Crippen molar-refractivity contribution in [3.63, 3.8) is 0 Å². The topological polar surface area (TPSA) is 62.1 Å². The zero-order chi connectivity index (χ0) is 10.5. The van der Waals surface area contributed by atoms with Gasteiger partial charge in [0.05, 0.1) is 11.4 Å². The van der Waals surface area contributed by atoms with E-state index in [0.717, 1.165) is 0 Å². The number of nitrogens with one attached hydrogen (secondary N) is 1. The molecule has 0 aromatic carbocycles. The minimum absolute atomic E-state index is 0.265. The van der Waals surface area contributed by atoms with Crippen LogP contribution in [0.2, 0.25) is 0 Å². The van der Waals surface area contributed by atoms with E-state index in [2.05, 4.69) is 37.2 Å². The Bertz CT molecular complexity index is 227. The highest BCUT2D eigenvalue weighted by molar-refractivity contribution is 9.12. The lowest BCUT2D eigenvalue weighted by molar-refractivity contribution is -0.146. The van der Waals surface area contributed by atoms with E-state index in [0.29, 0.717) is 0 Å². The molecule has 0 fully saturated rings. The van der Waals surface area contributed by atoms with Gasteiger partial charge in [0.15, 0.2) is 6.19 Å². The van der Waals surface area contributed by atoms with Crippen molar-refractivity contribution in [2.24, 2.45) is 0 Å². The summed E-state index contributed by atoms with van der Waals surface area (Å²) in [5, 5.41) is 10.8. The molecule has 4 nitrogen and oxygen atoms in total. The molecule has 0 saturated heterocycles. The Labute approximate surface area is 93.9 Å². The molecule has 74 valence electrons. The van der Waals surface area contributed by atoms with Crippen molar-refractivity contribution >= 4 is 37.8 Å². The third-order valence-electron chi connectivity index (χ3n) is 1.36. The molecule has 0 amide bonds. The van der Waals surface area contributed by atoms with Gasteiger partial charge in [-0.15, -0.1) is 0 Å². The zero-order valence-electron chi connectivity index (χ0n) is 7.30. The van der Waals surface area contributed by atoms with Gasteiger partial charge in [0.25, 0.3) is 0 Å². The van der Waals surface area contributed by atoms with Crippen molar-refractivity contribution in [2.75, 3.05) is 6.61 Å². The van der Waals surface area contributed by atoms with Crippen molar-refractivity contribution in [3.05, 3.63) is 0 Å². The second-order valence-electron chi connectivity index (χ2n) is 2.29. The lowest BCUT2D eigenvalue weighted by atomic mass is 10.2. The van der Waals surface area contributed by atoms with E-state index in [4.69, 9.17) is 10.00 Å². The highest BCUT2D eigenvalue weighted by atomic mass is 79.9. The largest absolute Gasteiger partial charge is 0.464 e. The van der Waals surface area contributed by atoms with E-state index in [1.54, 1.807) is 20.0 Å². The van der Waals surface area contributed by atoms with Gasteiger partial charge in [0.1, 0.15) is 0 Å². The first-order chi connectivity index (χ1) is 5.99. The lowest BCUT2D eigenvalue weighted by Gasteiger charge is -2.25. The van der Waals surface area contributed by atoms with E-state index in [-0.39, 0.29) is 11.4 Å². The maximum Gasteiger partial charge on any atom is 0.344 e. The minimum Gasteiger partial charge on any atom is -0.464 e. The summed E-state index contributed by atoms with van der Waals surface area (Å²) in [4.78, 5) is 11.1. The fourth-order valence-corrected chi connectivity index (χ4v) is 1.13. The number of halogens is 2. The van der Waals surface area contributed by atoms with E-state index >= 15 is 0 Å². The van der Waals surface area contributed by atoms with Crippen molar-refractivity contribution < 1.29 is 9.53 Å². The van der Waals surface area contributed by atoms with Crippen molar-refractivity contribution in [2.45, 2.75) is 23.1 Å². The SMILES string of the molecule is CCOC(=O)[C@](Br)(NC#N)[C@@H](C)Br. The average Bonchev–Trinajstić information content (AvgIpc) is 2.04. The van der Waals surface area contributed by atoms with Gasteiger partial charge in [-0.3, -0.25) is 5.32 Å². The van der Waals surface area contributed by atoms with Crippen molar-refractivity contribution in [3.8, 4) is 6.19 Å². The van der Waals surface area contributed by atoms with Crippen molar-refractivity contribution in [1.82, 2.24) is 5.32 Å². The van der Waals surface area contributed by atoms with Crippen LogP contribution in [-0.4, -0.2) is 21.9 Å². The maximum atomic E-state index is 11.4. The Hall–Kier alpha value is -0.280. The molecule has 0 radical (unpaired) electrons. The van der Waals surface area contributed by atoms with Crippen LogP contribution >= 0.6 is 31.9 Å². The molecule has 0 unspecified atom stereocenters. The molecule has 0 aliphatic rings. The summed E-state index contributed by atoms with van der Waals surface area (Å²) >= 11 is 6.33. The molecular formula is C7H10Br2N2O2. The number of esters is 1. The summed E-state index contributed by atoms with van der Waals surface area (Å²) < 4.78 is 3.61. The number of carbonyl (C=O) groups excluding carboxylic acids is 1. The van der Waals surface area contributed by atoms with Gasteiger partial charge in [-0.1, -0.05) is 15.9 Å². The first kappa shape index (κ1) is 12.7. The smallest absolute Gasteiger partial charge is 0.344 e. The van der Waals surface area contributed by atoms with Gasteiger partial charge in [-0.2, -0.15) is 5.26 Å². The number of carbonyl (C=O) groups is 1. The fourth-order valence-electron chi connectivity index (χ4n) is 0.630. The Morgan fingerprint density at radius 2 is 2.38 bits per heavy atom. The Morgan fingerprint density at radius 3 is 2.69 bits per heavy atom. The highest BCUT2D eigenvalue weighted by Gasteiger charge is 2.41. The highest BCUT2D eigenvalue weighted by Crippen LogP contribution is 2.26. The Morgan fingerprint density at radius 1 is 1.85 bits per heavy atom. The van der Waals surface area contributed by atoms with Crippen LogP contribution in [0.5, 0.6) is 0 Å². The minimum atomic E-state index is -1.18. The molecule has 0 bridgehead atoms. The molecule has 0 spiro atoms. The fraction of sp³-hybridized carbons (Fsp3) is 0.714. The standard InChI is InChI=1S/C7H10Br2N2O2/c1-3-13-6(12)7(9,5(2)8)11-4-10/h5,11H,3H2,1-2H3/t5-,7-/m1/s1. The molecule has 0 aromatic rings. The monoisotopic (exact) mass is 312 g/mol. The van der Waals surface area contributed by atoms with Crippen LogP contribution in [0.15, 0.2) is 0 Å². The molecule has 13 heavy (non-hydrogen) atoms. The van der Waals surface area contributed by atoms with Crippen LogP contribution < -0.4 is 5.32 Å². The third kappa shape index (κ3) is 3.16. The number of nitrogens with zero attached hydrogens (tertiary/aromatic N) is 1. The molecule has 0 aromatic heterocycles. The molecule has 0 rings (SSSR count). The summed E-state index contributed by atoms with van der Waals surface area (Å²) in [5.74, 6) is -0.513. The predicted octanol–water partition coefficient (Wildman–Crippen LogP) is 1.49.